The Bertz CT molecular complexity index is 1580. The molecule has 2 aliphatic rings. The van der Waals surface area contributed by atoms with Crippen molar-refractivity contribution in [3.63, 3.8) is 0 Å². The maximum atomic E-state index is 13.1. The Balaban J connectivity index is 1.66. The Morgan fingerprint density at radius 1 is 1.20 bits per heavy atom. The van der Waals surface area contributed by atoms with Crippen LogP contribution in [0.3, 0.4) is 0 Å². The van der Waals surface area contributed by atoms with E-state index in [0.717, 1.165) is 18.4 Å². The number of sulfonamides is 1. The van der Waals surface area contributed by atoms with Gasteiger partial charge in [-0.3, -0.25) is 9.56 Å². The van der Waals surface area contributed by atoms with Crippen LogP contribution in [0.2, 0.25) is 0 Å². The first kappa shape index (κ1) is 30.0. The highest BCUT2D eigenvalue weighted by Gasteiger charge is 2.40. The van der Waals surface area contributed by atoms with Crippen molar-refractivity contribution in [2.45, 2.75) is 18.4 Å². The summed E-state index contributed by atoms with van der Waals surface area (Å²) in [4.78, 5) is 60.9. The number of hydrogen-bond acceptors (Lipinski definition) is 9. The highest BCUT2D eigenvalue weighted by atomic mass is 32.2. The standard InChI is InChI=1S/C22H25BN5O11PS/c1-41(37,38)28-10-9-27(22(28)32)21(31)26-17(12-5-7-14(8-6-12)40(34,35)36)19(24)25-16-11-13-3-2-4-15(20(29)30)18(13)39-23(16)33/h2-8,16-17,33H,9-11H2,1H3,(H2,24,25)(H,26,31)(H,29,30)(H2,34,35,36)/t16-,17-/m0/s1. The van der Waals surface area contributed by atoms with E-state index < -0.39 is 54.8 Å². The number of para-hydroxylation sites is 1. The number of carbonyl (C=O) groups excluding carboxylic acids is 2. The number of benzene rings is 2. The fraction of sp³-hybridized carbons (Fsp3) is 0.273. The second kappa shape index (κ2) is 11.1. The minimum absolute atomic E-state index is 0.00403. The summed E-state index contributed by atoms with van der Waals surface area (Å²) in [5, 5.41) is 22.1. The predicted octanol–water partition coefficient (Wildman–Crippen LogP) is -0.984. The molecular formula is C22H25BN5O11PS. The van der Waals surface area contributed by atoms with Crippen LogP contribution in [0.15, 0.2) is 47.5 Å². The largest absolute Gasteiger partial charge is 0.549 e. The van der Waals surface area contributed by atoms with E-state index in [2.05, 4.69) is 10.3 Å². The number of carbonyl (C=O) groups is 3. The van der Waals surface area contributed by atoms with Crippen molar-refractivity contribution in [1.82, 2.24) is 14.5 Å². The Hall–Kier alpha value is -3.96. The second-order valence-electron chi connectivity index (χ2n) is 9.22. The van der Waals surface area contributed by atoms with E-state index in [-0.39, 0.29) is 47.5 Å². The third-order valence-electron chi connectivity index (χ3n) is 6.38. The lowest BCUT2D eigenvalue weighted by atomic mass is 9.72. The minimum atomic E-state index is -4.60. The molecule has 1 fully saturated rings. The number of nitrogens with one attached hydrogen (secondary N) is 1. The van der Waals surface area contributed by atoms with Gasteiger partial charge >= 0.3 is 32.7 Å². The molecule has 218 valence electrons. The number of amides is 4. The number of rotatable bonds is 7. The van der Waals surface area contributed by atoms with Gasteiger partial charge in [-0.05, 0) is 35.7 Å². The topological polar surface area (TPSA) is 249 Å². The lowest BCUT2D eigenvalue weighted by molar-refractivity contribution is 0.0694. The maximum absolute atomic E-state index is 13.1. The van der Waals surface area contributed by atoms with Crippen molar-refractivity contribution in [3.05, 3.63) is 59.2 Å². The van der Waals surface area contributed by atoms with Crippen LogP contribution in [-0.4, -0.2) is 93.8 Å². The third-order valence-corrected chi connectivity index (χ3v) is 8.49. The number of hydrogen-bond donors (Lipinski definition) is 6. The lowest BCUT2D eigenvalue weighted by Gasteiger charge is -2.28. The molecule has 4 amide bonds. The molecule has 2 atom stereocenters. The van der Waals surface area contributed by atoms with Gasteiger partial charge in [-0.15, -0.1) is 0 Å². The van der Waals surface area contributed by atoms with Gasteiger partial charge in [0.15, 0.2) is 0 Å². The van der Waals surface area contributed by atoms with Crippen molar-refractivity contribution >= 4 is 53.9 Å². The zero-order valence-electron chi connectivity index (χ0n) is 21.3. The first-order valence-electron chi connectivity index (χ1n) is 11.9. The molecule has 0 aromatic heterocycles. The number of nitrogens with two attached hydrogens (primary N) is 1. The van der Waals surface area contributed by atoms with Crippen molar-refractivity contribution < 1.29 is 51.9 Å². The lowest BCUT2D eigenvalue weighted by Crippen LogP contribution is -2.48. The van der Waals surface area contributed by atoms with E-state index in [9.17, 15) is 47.3 Å². The quantitative estimate of drug-likeness (QED) is 0.0959. The molecular weight excluding hydrogens is 584 g/mol. The molecule has 0 unspecified atom stereocenters. The number of fused-ring (bicyclic) bond motifs is 1. The molecule has 2 aromatic rings. The molecule has 0 bridgehead atoms. The second-order valence-corrected chi connectivity index (χ2v) is 12.7. The van der Waals surface area contributed by atoms with Crippen LogP contribution in [0.4, 0.5) is 9.59 Å². The van der Waals surface area contributed by atoms with E-state index in [4.69, 9.17) is 10.4 Å². The van der Waals surface area contributed by atoms with Gasteiger partial charge in [0, 0.05) is 0 Å². The van der Waals surface area contributed by atoms with Crippen LogP contribution in [-0.2, 0) is 21.0 Å². The highest BCUT2D eigenvalue weighted by Crippen LogP contribution is 2.34. The van der Waals surface area contributed by atoms with Crippen LogP contribution in [0.1, 0.15) is 27.5 Å². The van der Waals surface area contributed by atoms with Crippen molar-refractivity contribution in [3.8, 4) is 5.75 Å². The summed E-state index contributed by atoms with van der Waals surface area (Å²) in [6.07, 6.45) is 0.821. The summed E-state index contributed by atoms with van der Waals surface area (Å²) in [7, 11) is -10.2. The van der Waals surface area contributed by atoms with Gasteiger partial charge < -0.3 is 35.6 Å². The highest BCUT2D eigenvalue weighted by molar-refractivity contribution is 7.88. The third kappa shape index (κ3) is 6.36. The molecule has 1 saturated heterocycles. The smallest absolute Gasteiger partial charge is 0.534 e. The van der Waals surface area contributed by atoms with Gasteiger partial charge in [-0.1, -0.05) is 24.3 Å². The predicted molar refractivity (Wildman–Crippen MR) is 144 cm³/mol. The summed E-state index contributed by atoms with van der Waals surface area (Å²) in [6.45, 7) is -0.518. The van der Waals surface area contributed by atoms with Crippen LogP contribution in [0.25, 0.3) is 0 Å². The number of imide groups is 1. The average molecular weight is 609 g/mol. The molecule has 4 rings (SSSR count). The van der Waals surface area contributed by atoms with Crippen LogP contribution < -0.4 is 21.0 Å². The van der Waals surface area contributed by atoms with Gasteiger partial charge in [0.1, 0.15) is 23.6 Å². The van der Waals surface area contributed by atoms with Gasteiger partial charge in [0.2, 0.25) is 10.0 Å². The zero-order chi connectivity index (χ0) is 30.3. The first-order chi connectivity index (χ1) is 19.1. The molecule has 0 spiro atoms. The number of urea groups is 2. The molecule has 2 aromatic carbocycles. The normalized spacial score (nSPS) is 18.5. The number of amidine groups is 1. The van der Waals surface area contributed by atoms with Crippen LogP contribution in [0.5, 0.6) is 5.75 Å². The van der Waals surface area contributed by atoms with Crippen molar-refractivity contribution in [2.24, 2.45) is 10.7 Å². The van der Waals surface area contributed by atoms with E-state index >= 15 is 0 Å². The van der Waals surface area contributed by atoms with E-state index in [1.54, 1.807) is 6.07 Å². The number of carboxylic acid groups (broad SMARTS) is 1. The molecule has 0 aliphatic carbocycles. The molecule has 0 saturated carbocycles. The van der Waals surface area contributed by atoms with Gasteiger partial charge in [-0.2, -0.15) is 0 Å². The number of aromatic carboxylic acids is 1. The molecule has 16 nitrogen and oxygen atoms in total. The summed E-state index contributed by atoms with van der Waals surface area (Å²) in [5.41, 5.74) is 6.70. The van der Waals surface area contributed by atoms with E-state index in [1.807, 2.05) is 0 Å². The number of aliphatic imine (C=N–C) groups is 1. The van der Waals surface area contributed by atoms with Gasteiger partial charge in [-0.25, -0.2) is 32.0 Å². The molecule has 7 N–H and O–H groups in total. The van der Waals surface area contributed by atoms with Gasteiger partial charge in [0.05, 0.1) is 30.2 Å². The Labute approximate surface area is 233 Å². The molecule has 19 heteroatoms. The Morgan fingerprint density at radius 2 is 1.85 bits per heavy atom. The first-order valence-corrected chi connectivity index (χ1v) is 15.3. The van der Waals surface area contributed by atoms with E-state index in [1.165, 1.54) is 24.3 Å². The summed E-state index contributed by atoms with van der Waals surface area (Å²) < 4.78 is 41.3. The molecule has 0 radical (unpaired) electrons. The monoisotopic (exact) mass is 609 g/mol. The Kier molecular flexibility index (Phi) is 8.15. The minimum Gasteiger partial charge on any atom is -0.534 e. The fourth-order valence-corrected chi connectivity index (χ4v) is 5.69. The summed E-state index contributed by atoms with van der Waals surface area (Å²) in [6, 6.07) is 5.70. The van der Waals surface area contributed by atoms with Crippen LogP contribution >= 0.6 is 7.60 Å². The van der Waals surface area contributed by atoms with Crippen molar-refractivity contribution in [1.29, 1.82) is 0 Å². The summed E-state index contributed by atoms with van der Waals surface area (Å²) >= 11 is 0. The SMILES string of the molecule is CS(=O)(=O)N1CCN(C(=O)N[C@H](/C(N)=N/[C@H]2Cc3cccc(C(=O)O)c3OB2O)c2ccc(P(=O)(O)O)cc2)C1=O. The molecule has 2 aliphatic heterocycles. The number of carboxylic acids is 1. The maximum Gasteiger partial charge on any atom is 0.549 e. The fourth-order valence-electron chi connectivity index (χ4n) is 4.36. The van der Waals surface area contributed by atoms with E-state index in [0.29, 0.717) is 14.8 Å². The average Bonchev–Trinajstić information content (AvgIpc) is 3.28. The van der Waals surface area contributed by atoms with Crippen LogP contribution in [0, 0.1) is 0 Å². The Morgan fingerprint density at radius 3 is 2.41 bits per heavy atom. The zero-order valence-corrected chi connectivity index (χ0v) is 23.0. The van der Waals surface area contributed by atoms with Crippen molar-refractivity contribution in [2.75, 3.05) is 19.3 Å². The number of nitrogens with zero attached hydrogens (tertiary/aromatic N) is 3. The van der Waals surface area contributed by atoms with Gasteiger partial charge in [0.25, 0.3) is 0 Å². The summed E-state index contributed by atoms with van der Waals surface area (Å²) in [5.74, 6) is -2.66. The molecule has 2 heterocycles. The molecule has 41 heavy (non-hydrogen) atoms.